The van der Waals surface area contributed by atoms with Crippen molar-refractivity contribution in [2.24, 2.45) is 0 Å². The second kappa shape index (κ2) is 4.46. The fraction of sp³-hybridized carbons (Fsp3) is 0.0833. The van der Waals surface area contributed by atoms with Gasteiger partial charge in [-0.05, 0) is 24.3 Å². The zero-order valence-corrected chi connectivity index (χ0v) is 8.05. The van der Waals surface area contributed by atoms with E-state index >= 15 is 0 Å². The Balaban J connectivity index is 2.04. The van der Waals surface area contributed by atoms with Crippen LogP contribution in [0.2, 0.25) is 0 Å². The lowest BCUT2D eigenvalue weighted by atomic mass is 10.2. The third kappa shape index (κ3) is 2.47. The maximum Gasteiger partial charge on any atom is 0.343 e. The van der Waals surface area contributed by atoms with Gasteiger partial charge < -0.3 is 9.47 Å². The molecule has 0 atom stereocenters. The first-order valence-corrected chi connectivity index (χ1v) is 4.62. The van der Waals surface area contributed by atoms with E-state index in [0.29, 0.717) is 17.9 Å². The minimum absolute atomic E-state index is 0.360. The van der Waals surface area contributed by atoms with Crippen LogP contribution in [0.25, 0.3) is 0 Å². The summed E-state index contributed by atoms with van der Waals surface area (Å²) in [5, 5.41) is 0. The Labute approximate surface area is 87.6 Å². The van der Waals surface area contributed by atoms with E-state index in [1.54, 1.807) is 24.3 Å². The van der Waals surface area contributed by atoms with Crippen LogP contribution in [0.5, 0.6) is 5.75 Å². The first kappa shape index (κ1) is 9.52. The summed E-state index contributed by atoms with van der Waals surface area (Å²) in [4.78, 5) is 11.6. The molecule has 1 aliphatic rings. The van der Waals surface area contributed by atoms with E-state index in [1.165, 1.54) is 6.26 Å². The standard InChI is InChI=1S/C12H10O3/c13-12(10-6-8-14-9-7-10)15-11-4-2-1-3-5-11/h1-8H,9H2. The van der Waals surface area contributed by atoms with Crippen molar-refractivity contribution >= 4 is 5.97 Å². The molecule has 0 aromatic heterocycles. The number of hydrogen-bond donors (Lipinski definition) is 0. The number of benzene rings is 1. The monoisotopic (exact) mass is 202 g/mol. The van der Waals surface area contributed by atoms with E-state index in [4.69, 9.17) is 9.47 Å². The Morgan fingerprint density at radius 2 is 2.07 bits per heavy atom. The molecule has 0 unspecified atom stereocenters. The van der Waals surface area contributed by atoms with Crippen LogP contribution < -0.4 is 4.74 Å². The Morgan fingerprint density at radius 3 is 2.73 bits per heavy atom. The van der Waals surface area contributed by atoms with Gasteiger partial charge in [0.1, 0.15) is 12.4 Å². The lowest BCUT2D eigenvalue weighted by Crippen LogP contribution is -2.12. The number of carbonyl (C=O) groups is 1. The van der Waals surface area contributed by atoms with Crippen molar-refractivity contribution in [3.05, 3.63) is 54.3 Å². The van der Waals surface area contributed by atoms with Crippen molar-refractivity contribution in [1.29, 1.82) is 0 Å². The zero-order chi connectivity index (χ0) is 10.5. The van der Waals surface area contributed by atoms with Crippen LogP contribution in [0.15, 0.2) is 54.3 Å². The molecular formula is C12H10O3. The molecule has 1 aromatic carbocycles. The molecular weight excluding hydrogens is 192 g/mol. The van der Waals surface area contributed by atoms with Gasteiger partial charge >= 0.3 is 5.97 Å². The van der Waals surface area contributed by atoms with Crippen LogP contribution in [-0.2, 0) is 9.53 Å². The number of hydrogen-bond acceptors (Lipinski definition) is 3. The number of esters is 1. The summed E-state index contributed by atoms with van der Waals surface area (Å²) in [5.41, 5.74) is 0.519. The zero-order valence-electron chi connectivity index (χ0n) is 8.05. The van der Waals surface area contributed by atoms with Gasteiger partial charge in [-0.15, -0.1) is 0 Å². The van der Waals surface area contributed by atoms with E-state index in [-0.39, 0.29) is 5.97 Å². The van der Waals surface area contributed by atoms with Crippen molar-refractivity contribution < 1.29 is 14.3 Å². The average molecular weight is 202 g/mol. The minimum atomic E-state index is -0.360. The molecule has 2 rings (SSSR count). The molecule has 1 heterocycles. The van der Waals surface area contributed by atoms with Gasteiger partial charge in [-0.25, -0.2) is 4.79 Å². The molecule has 0 saturated carbocycles. The third-order valence-electron chi connectivity index (χ3n) is 1.93. The number of para-hydroxylation sites is 1. The number of ether oxygens (including phenoxy) is 2. The summed E-state index contributed by atoms with van der Waals surface area (Å²) in [6.45, 7) is 0.412. The summed E-state index contributed by atoms with van der Waals surface area (Å²) in [6.07, 6.45) is 4.77. The molecule has 0 amide bonds. The van der Waals surface area contributed by atoms with Gasteiger partial charge in [0.15, 0.2) is 0 Å². The normalized spacial score (nSPS) is 14.0. The lowest BCUT2D eigenvalue weighted by Gasteiger charge is -2.07. The summed E-state index contributed by atoms with van der Waals surface area (Å²) in [6, 6.07) is 8.97. The van der Waals surface area contributed by atoms with Gasteiger partial charge in [-0.2, -0.15) is 0 Å². The van der Waals surface area contributed by atoms with Crippen molar-refractivity contribution in [2.75, 3.05) is 6.61 Å². The van der Waals surface area contributed by atoms with Gasteiger partial charge in [-0.3, -0.25) is 0 Å². The van der Waals surface area contributed by atoms with Crippen molar-refractivity contribution in [3.8, 4) is 5.75 Å². The van der Waals surface area contributed by atoms with E-state index in [9.17, 15) is 4.79 Å². The fourth-order valence-electron chi connectivity index (χ4n) is 1.19. The second-order valence-electron chi connectivity index (χ2n) is 3.00. The fourth-order valence-corrected chi connectivity index (χ4v) is 1.19. The van der Waals surface area contributed by atoms with Gasteiger partial charge in [0.25, 0.3) is 0 Å². The van der Waals surface area contributed by atoms with E-state index < -0.39 is 0 Å². The van der Waals surface area contributed by atoms with Crippen LogP contribution in [0, 0.1) is 0 Å². The van der Waals surface area contributed by atoms with E-state index in [2.05, 4.69) is 0 Å². The van der Waals surface area contributed by atoms with Crippen molar-refractivity contribution in [1.82, 2.24) is 0 Å². The molecule has 0 spiro atoms. The average Bonchev–Trinajstić information content (AvgIpc) is 2.31. The molecule has 15 heavy (non-hydrogen) atoms. The highest BCUT2D eigenvalue weighted by Crippen LogP contribution is 2.12. The Morgan fingerprint density at radius 1 is 1.27 bits per heavy atom. The molecule has 0 radical (unpaired) electrons. The predicted octanol–water partition coefficient (Wildman–Crippen LogP) is 2.06. The summed E-state index contributed by atoms with van der Waals surface area (Å²) in [5.74, 6) is 0.184. The highest BCUT2D eigenvalue weighted by atomic mass is 16.5. The molecule has 1 aromatic rings. The molecule has 0 saturated heterocycles. The smallest absolute Gasteiger partial charge is 0.343 e. The molecule has 1 aliphatic heterocycles. The maximum absolute atomic E-state index is 11.6. The minimum Gasteiger partial charge on any atom is -0.497 e. The summed E-state index contributed by atoms with van der Waals surface area (Å²) in [7, 11) is 0. The summed E-state index contributed by atoms with van der Waals surface area (Å²) >= 11 is 0. The van der Waals surface area contributed by atoms with Gasteiger partial charge in [-0.1, -0.05) is 18.2 Å². The predicted molar refractivity (Wildman–Crippen MR) is 55.3 cm³/mol. The van der Waals surface area contributed by atoms with E-state index in [0.717, 1.165) is 0 Å². The number of carbonyl (C=O) groups excluding carboxylic acids is 1. The SMILES string of the molecule is O=C(Oc1ccccc1)C1=CCOC=C1. The van der Waals surface area contributed by atoms with Crippen LogP contribution in [0.3, 0.4) is 0 Å². The molecule has 76 valence electrons. The first-order chi connectivity index (χ1) is 7.36. The molecule has 0 aliphatic carbocycles. The van der Waals surface area contributed by atoms with Gasteiger partial charge in [0, 0.05) is 0 Å². The molecule has 3 nitrogen and oxygen atoms in total. The topological polar surface area (TPSA) is 35.5 Å². The van der Waals surface area contributed by atoms with Crippen LogP contribution >= 0.6 is 0 Å². The van der Waals surface area contributed by atoms with Crippen molar-refractivity contribution in [3.63, 3.8) is 0 Å². The molecule has 0 bridgehead atoms. The summed E-state index contributed by atoms with van der Waals surface area (Å²) < 4.78 is 10.1. The van der Waals surface area contributed by atoms with Gasteiger partial charge in [0.2, 0.25) is 0 Å². The van der Waals surface area contributed by atoms with Gasteiger partial charge in [0.05, 0.1) is 11.8 Å². The van der Waals surface area contributed by atoms with Crippen LogP contribution in [0.4, 0.5) is 0 Å². The third-order valence-corrected chi connectivity index (χ3v) is 1.93. The van der Waals surface area contributed by atoms with Crippen LogP contribution in [-0.4, -0.2) is 12.6 Å². The first-order valence-electron chi connectivity index (χ1n) is 4.62. The maximum atomic E-state index is 11.6. The van der Waals surface area contributed by atoms with Crippen molar-refractivity contribution in [2.45, 2.75) is 0 Å². The highest BCUT2D eigenvalue weighted by molar-refractivity contribution is 5.93. The van der Waals surface area contributed by atoms with E-state index in [1.807, 2.05) is 18.2 Å². The highest BCUT2D eigenvalue weighted by Gasteiger charge is 2.10. The Bertz CT molecular complexity index is 404. The van der Waals surface area contributed by atoms with Crippen LogP contribution in [0.1, 0.15) is 0 Å². The Hall–Kier alpha value is -2.03. The quantitative estimate of drug-likeness (QED) is 0.544. The molecule has 0 N–H and O–H groups in total. The second-order valence-corrected chi connectivity index (χ2v) is 3.00. The molecule has 0 fully saturated rings. The largest absolute Gasteiger partial charge is 0.497 e. The Kier molecular flexibility index (Phi) is 2.83. The lowest BCUT2D eigenvalue weighted by molar-refractivity contribution is -0.129. The molecule has 3 heteroatoms. The number of rotatable bonds is 2.